The number of benzene rings is 2. The molecule has 1 aromatic heterocycles. The van der Waals surface area contributed by atoms with E-state index in [0.29, 0.717) is 23.1 Å². The van der Waals surface area contributed by atoms with Crippen LogP contribution in [0.15, 0.2) is 42.5 Å². The molecule has 0 radical (unpaired) electrons. The van der Waals surface area contributed by atoms with Crippen LogP contribution in [0, 0.1) is 0 Å². The molecule has 0 aliphatic heterocycles. The fourth-order valence-corrected chi connectivity index (χ4v) is 2.47. The summed E-state index contributed by atoms with van der Waals surface area (Å²) in [4.78, 5) is 4.34. The molecule has 3 rings (SSSR count). The molecule has 2 aromatic carbocycles. The number of fused-ring (bicyclic) bond motifs is 1. The van der Waals surface area contributed by atoms with E-state index in [0.717, 1.165) is 17.0 Å². The van der Waals surface area contributed by atoms with E-state index in [2.05, 4.69) is 4.98 Å². The van der Waals surface area contributed by atoms with Crippen LogP contribution in [0.1, 0.15) is 6.92 Å². The van der Waals surface area contributed by atoms with E-state index in [9.17, 15) is 0 Å². The molecule has 102 valence electrons. The number of nitrogens with two attached hydrogens (primary N) is 1. The SMILES string of the molecule is CCOc1ccccc1-n1c(N)nc2c(Cl)cccc21. The summed E-state index contributed by atoms with van der Waals surface area (Å²) in [5.41, 5.74) is 8.47. The van der Waals surface area contributed by atoms with Crippen molar-refractivity contribution in [2.75, 3.05) is 12.3 Å². The Morgan fingerprint density at radius 3 is 2.80 bits per heavy atom. The highest BCUT2D eigenvalue weighted by atomic mass is 35.5. The first-order valence-corrected chi connectivity index (χ1v) is 6.74. The maximum Gasteiger partial charge on any atom is 0.206 e. The molecule has 0 saturated carbocycles. The molecule has 3 aromatic rings. The summed E-state index contributed by atoms with van der Waals surface area (Å²) in [5.74, 6) is 1.15. The summed E-state index contributed by atoms with van der Waals surface area (Å²) in [6, 6.07) is 13.3. The number of anilines is 1. The van der Waals surface area contributed by atoms with Crippen LogP contribution in [-0.4, -0.2) is 16.2 Å². The van der Waals surface area contributed by atoms with Crippen molar-refractivity contribution in [1.82, 2.24) is 9.55 Å². The first kappa shape index (κ1) is 12.8. The topological polar surface area (TPSA) is 53.1 Å². The average molecular weight is 288 g/mol. The predicted octanol–water partition coefficient (Wildman–Crippen LogP) is 3.66. The van der Waals surface area contributed by atoms with E-state index in [1.807, 2.05) is 47.9 Å². The minimum Gasteiger partial charge on any atom is -0.492 e. The molecule has 1 heterocycles. The maximum atomic E-state index is 6.17. The molecule has 0 aliphatic rings. The van der Waals surface area contributed by atoms with Crippen molar-refractivity contribution in [2.24, 2.45) is 0 Å². The van der Waals surface area contributed by atoms with E-state index >= 15 is 0 Å². The summed E-state index contributed by atoms with van der Waals surface area (Å²) in [7, 11) is 0. The number of hydrogen-bond acceptors (Lipinski definition) is 3. The second kappa shape index (κ2) is 5.06. The standard InChI is InChI=1S/C15H14ClN3O/c1-2-20-13-9-4-3-7-11(13)19-12-8-5-6-10(16)14(12)18-15(19)17/h3-9H,2H2,1H3,(H2,17,18). The minimum atomic E-state index is 0.389. The molecule has 4 nitrogen and oxygen atoms in total. The van der Waals surface area contributed by atoms with E-state index in [1.54, 1.807) is 6.07 Å². The van der Waals surface area contributed by atoms with Gasteiger partial charge < -0.3 is 10.5 Å². The van der Waals surface area contributed by atoms with Crippen LogP contribution in [0.3, 0.4) is 0 Å². The molecule has 0 aliphatic carbocycles. The van der Waals surface area contributed by atoms with E-state index < -0.39 is 0 Å². The molecule has 0 unspecified atom stereocenters. The molecular weight excluding hydrogens is 274 g/mol. The van der Waals surface area contributed by atoms with Crippen LogP contribution in [0.2, 0.25) is 5.02 Å². The van der Waals surface area contributed by atoms with E-state index in [-0.39, 0.29) is 0 Å². The molecule has 2 N–H and O–H groups in total. The number of halogens is 1. The Labute approximate surface area is 121 Å². The fourth-order valence-electron chi connectivity index (χ4n) is 2.26. The van der Waals surface area contributed by atoms with Crippen LogP contribution in [0.25, 0.3) is 16.7 Å². The van der Waals surface area contributed by atoms with Gasteiger partial charge in [0.25, 0.3) is 0 Å². The number of ether oxygens (including phenoxy) is 1. The zero-order valence-corrected chi connectivity index (χ0v) is 11.8. The highest BCUT2D eigenvalue weighted by Crippen LogP contribution is 2.32. The number of para-hydroxylation sites is 3. The average Bonchev–Trinajstić information content (AvgIpc) is 2.78. The third-order valence-corrected chi connectivity index (χ3v) is 3.37. The fraction of sp³-hybridized carbons (Fsp3) is 0.133. The number of nitrogens with zero attached hydrogens (tertiary/aromatic N) is 2. The first-order chi connectivity index (χ1) is 9.72. The lowest BCUT2D eigenvalue weighted by Crippen LogP contribution is -2.04. The van der Waals surface area contributed by atoms with Gasteiger partial charge >= 0.3 is 0 Å². The molecule has 0 spiro atoms. The number of aromatic nitrogens is 2. The molecule has 0 amide bonds. The van der Waals surface area contributed by atoms with Gasteiger partial charge in [-0.3, -0.25) is 4.57 Å². The molecule has 0 fully saturated rings. The van der Waals surface area contributed by atoms with Gasteiger partial charge in [0.2, 0.25) is 5.95 Å². The number of nitrogen functional groups attached to an aromatic ring is 1. The predicted molar refractivity (Wildman–Crippen MR) is 81.7 cm³/mol. The molecular formula is C15H14ClN3O. The van der Waals surface area contributed by atoms with Crippen LogP contribution >= 0.6 is 11.6 Å². The number of imidazole rings is 1. The third-order valence-electron chi connectivity index (χ3n) is 3.07. The van der Waals surface area contributed by atoms with Crippen molar-refractivity contribution >= 4 is 28.6 Å². The Kier molecular flexibility index (Phi) is 3.24. The highest BCUT2D eigenvalue weighted by molar-refractivity contribution is 6.35. The zero-order chi connectivity index (χ0) is 14.1. The summed E-state index contributed by atoms with van der Waals surface area (Å²) in [6.07, 6.45) is 0. The second-order valence-electron chi connectivity index (χ2n) is 4.31. The van der Waals surface area contributed by atoms with Gasteiger partial charge in [0.1, 0.15) is 11.3 Å². The van der Waals surface area contributed by atoms with E-state index in [1.165, 1.54) is 0 Å². The van der Waals surface area contributed by atoms with Gasteiger partial charge in [-0.15, -0.1) is 0 Å². The van der Waals surface area contributed by atoms with Gasteiger partial charge in [-0.1, -0.05) is 29.8 Å². The van der Waals surface area contributed by atoms with Crippen molar-refractivity contribution in [1.29, 1.82) is 0 Å². The van der Waals surface area contributed by atoms with Gasteiger partial charge in [0, 0.05) is 0 Å². The van der Waals surface area contributed by atoms with Crippen LogP contribution in [-0.2, 0) is 0 Å². The van der Waals surface area contributed by atoms with Crippen LogP contribution < -0.4 is 10.5 Å². The van der Waals surface area contributed by atoms with Crippen LogP contribution in [0.5, 0.6) is 5.75 Å². The highest BCUT2D eigenvalue weighted by Gasteiger charge is 2.15. The van der Waals surface area contributed by atoms with Crippen molar-refractivity contribution in [2.45, 2.75) is 6.92 Å². The summed E-state index contributed by atoms with van der Waals surface area (Å²) in [6.45, 7) is 2.54. The third kappa shape index (κ3) is 1.98. The lowest BCUT2D eigenvalue weighted by Gasteiger charge is -2.12. The quantitative estimate of drug-likeness (QED) is 0.800. The lowest BCUT2D eigenvalue weighted by atomic mass is 10.2. The summed E-state index contributed by atoms with van der Waals surface area (Å²) >= 11 is 6.17. The normalized spacial score (nSPS) is 10.9. The largest absolute Gasteiger partial charge is 0.492 e. The van der Waals surface area contributed by atoms with Crippen molar-refractivity contribution < 1.29 is 4.74 Å². The Morgan fingerprint density at radius 1 is 1.20 bits per heavy atom. The van der Waals surface area contributed by atoms with E-state index in [4.69, 9.17) is 22.1 Å². The number of hydrogen-bond donors (Lipinski definition) is 1. The first-order valence-electron chi connectivity index (χ1n) is 6.37. The van der Waals surface area contributed by atoms with Gasteiger partial charge in [0.05, 0.1) is 22.8 Å². The van der Waals surface area contributed by atoms with Gasteiger partial charge in [-0.25, -0.2) is 4.98 Å². The molecule has 0 saturated heterocycles. The van der Waals surface area contributed by atoms with Gasteiger partial charge in [0.15, 0.2) is 0 Å². The minimum absolute atomic E-state index is 0.389. The maximum absolute atomic E-state index is 6.17. The van der Waals surface area contributed by atoms with Crippen molar-refractivity contribution in [3.8, 4) is 11.4 Å². The molecule has 20 heavy (non-hydrogen) atoms. The monoisotopic (exact) mass is 287 g/mol. The summed E-state index contributed by atoms with van der Waals surface area (Å²) < 4.78 is 7.51. The van der Waals surface area contributed by atoms with Crippen molar-refractivity contribution in [3.63, 3.8) is 0 Å². The molecule has 0 atom stereocenters. The molecule has 0 bridgehead atoms. The Morgan fingerprint density at radius 2 is 2.00 bits per heavy atom. The number of rotatable bonds is 3. The summed E-state index contributed by atoms with van der Waals surface area (Å²) in [5, 5.41) is 0.585. The smallest absolute Gasteiger partial charge is 0.206 e. The van der Waals surface area contributed by atoms with Gasteiger partial charge in [-0.05, 0) is 31.2 Å². The zero-order valence-electron chi connectivity index (χ0n) is 11.0. The lowest BCUT2D eigenvalue weighted by molar-refractivity contribution is 0.339. The van der Waals surface area contributed by atoms with Crippen LogP contribution in [0.4, 0.5) is 5.95 Å². The van der Waals surface area contributed by atoms with Gasteiger partial charge in [-0.2, -0.15) is 0 Å². The molecule has 5 heteroatoms. The Bertz CT molecular complexity index is 767. The Hall–Kier alpha value is -2.20. The van der Waals surface area contributed by atoms with Crippen molar-refractivity contribution in [3.05, 3.63) is 47.5 Å². The second-order valence-corrected chi connectivity index (χ2v) is 4.72. The Balaban J connectivity index is 2.30.